The van der Waals surface area contributed by atoms with E-state index in [0.717, 1.165) is 22.1 Å². The minimum Gasteiger partial charge on any atom is -0.464 e. The van der Waals surface area contributed by atoms with E-state index in [1.807, 2.05) is 25.1 Å². The molecule has 0 aliphatic rings. The van der Waals surface area contributed by atoms with E-state index >= 15 is 0 Å². The number of furan rings is 1. The Kier molecular flexibility index (Phi) is 3.46. The van der Waals surface area contributed by atoms with Crippen LogP contribution < -0.4 is 0 Å². The summed E-state index contributed by atoms with van der Waals surface area (Å²) >= 11 is 0. The summed E-state index contributed by atoms with van der Waals surface area (Å²) < 4.78 is 10.2. The minimum absolute atomic E-state index is 0.114. The molecule has 2 rings (SSSR count). The molecule has 0 atom stereocenters. The molecule has 0 amide bonds. The average molecular weight is 246 g/mol. The maximum Gasteiger partial charge on any atom is 0.310 e. The molecule has 1 aromatic carbocycles. The molecule has 0 aliphatic heterocycles. The van der Waals surface area contributed by atoms with Crippen LogP contribution in [0.15, 0.2) is 28.9 Å². The summed E-state index contributed by atoms with van der Waals surface area (Å²) in [7, 11) is 0. The van der Waals surface area contributed by atoms with Crippen molar-refractivity contribution in [1.82, 2.24) is 0 Å². The Morgan fingerprint density at radius 3 is 2.83 bits per heavy atom. The summed E-state index contributed by atoms with van der Waals surface area (Å²) in [6.45, 7) is 3.18. The number of carbonyl (C=O) groups excluding carboxylic acids is 2. The van der Waals surface area contributed by atoms with Gasteiger partial charge in [-0.1, -0.05) is 12.1 Å². The molecule has 94 valence electrons. The standard InChI is InChI=1S/C14H14O4/c1-9-3-4-12-11(8-17-13(12)5-9)6-14(16)18-7-10(2)15/h3-5,8H,6-7H2,1-2H3. The molecule has 18 heavy (non-hydrogen) atoms. The zero-order chi connectivity index (χ0) is 13.1. The van der Waals surface area contributed by atoms with Crippen LogP contribution in [0.5, 0.6) is 0 Å². The average Bonchev–Trinajstić information content (AvgIpc) is 2.69. The maximum absolute atomic E-state index is 11.5. The van der Waals surface area contributed by atoms with Crippen LogP contribution in [0.1, 0.15) is 18.1 Å². The van der Waals surface area contributed by atoms with E-state index in [0.29, 0.717) is 0 Å². The summed E-state index contributed by atoms with van der Waals surface area (Å²) in [6.07, 6.45) is 1.67. The highest BCUT2D eigenvalue weighted by atomic mass is 16.5. The van der Waals surface area contributed by atoms with Gasteiger partial charge >= 0.3 is 5.97 Å². The molecule has 0 N–H and O–H groups in total. The molecule has 0 saturated heterocycles. The van der Waals surface area contributed by atoms with Crippen molar-refractivity contribution in [2.45, 2.75) is 20.3 Å². The molecular weight excluding hydrogens is 232 g/mol. The van der Waals surface area contributed by atoms with Gasteiger partial charge in [-0.2, -0.15) is 0 Å². The highest BCUT2D eigenvalue weighted by Gasteiger charge is 2.11. The minimum atomic E-state index is -0.423. The molecule has 4 nitrogen and oxygen atoms in total. The van der Waals surface area contributed by atoms with E-state index in [2.05, 4.69) is 0 Å². The van der Waals surface area contributed by atoms with Gasteiger partial charge in [-0.25, -0.2) is 0 Å². The summed E-state index contributed by atoms with van der Waals surface area (Å²) in [6, 6.07) is 5.80. The number of aryl methyl sites for hydroxylation is 1. The van der Waals surface area contributed by atoms with Crippen LogP contribution in [0.25, 0.3) is 11.0 Å². The van der Waals surface area contributed by atoms with Gasteiger partial charge in [0.1, 0.15) is 12.2 Å². The van der Waals surface area contributed by atoms with Gasteiger partial charge < -0.3 is 9.15 Å². The molecule has 0 bridgehead atoms. The summed E-state index contributed by atoms with van der Waals surface area (Å²) in [5, 5.41) is 0.903. The van der Waals surface area contributed by atoms with Crippen molar-refractivity contribution in [2.75, 3.05) is 6.61 Å². The van der Waals surface area contributed by atoms with Gasteiger partial charge in [0.25, 0.3) is 0 Å². The van der Waals surface area contributed by atoms with Crippen molar-refractivity contribution in [1.29, 1.82) is 0 Å². The molecule has 0 fully saturated rings. The topological polar surface area (TPSA) is 56.5 Å². The first-order chi connectivity index (χ1) is 8.56. The highest BCUT2D eigenvalue weighted by Crippen LogP contribution is 2.22. The fourth-order valence-electron chi connectivity index (χ4n) is 1.72. The number of fused-ring (bicyclic) bond motifs is 1. The highest BCUT2D eigenvalue weighted by molar-refractivity contribution is 5.87. The third kappa shape index (κ3) is 2.77. The second kappa shape index (κ2) is 5.04. The van der Waals surface area contributed by atoms with E-state index in [1.54, 1.807) is 6.26 Å². The Bertz CT molecular complexity index is 595. The Balaban J connectivity index is 2.12. The fraction of sp³-hybridized carbons (Fsp3) is 0.286. The zero-order valence-electron chi connectivity index (χ0n) is 10.4. The van der Waals surface area contributed by atoms with Crippen LogP contribution in [-0.2, 0) is 20.7 Å². The first-order valence-electron chi connectivity index (χ1n) is 5.68. The van der Waals surface area contributed by atoms with Crippen LogP contribution in [0, 0.1) is 6.92 Å². The van der Waals surface area contributed by atoms with Gasteiger partial charge in [0.15, 0.2) is 5.78 Å². The first-order valence-corrected chi connectivity index (χ1v) is 5.68. The SMILES string of the molecule is CC(=O)COC(=O)Cc1coc2cc(C)ccc12. The number of esters is 1. The smallest absolute Gasteiger partial charge is 0.310 e. The molecule has 0 spiro atoms. The molecule has 1 aromatic heterocycles. The van der Waals surface area contributed by atoms with Gasteiger partial charge in [0, 0.05) is 10.9 Å². The predicted octanol–water partition coefficient (Wildman–Crippen LogP) is 2.42. The maximum atomic E-state index is 11.5. The molecule has 0 saturated carbocycles. The summed E-state index contributed by atoms with van der Waals surface area (Å²) in [4.78, 5) is 22.2. The van der Waals surface area contributed by atoms with E-state index in [-0.39, 0.29) is 18.8 Å². The number of hydrogen-bond donors (Lipinski definition) is 0. The second-order valence-electron chi connectivity index (χ2n) is 4.30. The normalized spacial score (nSPS) is 10.6. The zero-order valence-corrected chi connectivity index (χ0v) is 10.4. The number of Topliss-reactive ketones (excluding diaryl/α,β-unsaturated/α-hetero) is 1. The van der Waals surface area contributed by atoms with Crippen molar-refractivity contribution >= 4 is 22.7 Å². The van der Waals surface area contributed by atoms with Crippen molar-refractivity contribution in [2.24, 2.45) is 0 Å². The van der Waals surface area contributed by atoms with Gasteiger partial charge in [-0.05, 0) is 25.5 Å². The van der Waals surface area contributed by atoms with Gasteiger partial charge in [0.05, 0.1) is 12.7 Å². The number of benzene rings is 1. The fourth-order valence-corrected chi connectivity index (χ4v) is 1.72. The molecule has 0 unspecified atom stereocenters. The van der Waals surface area contributed by atoms with Crippen molar-refractivity contribution < 1.29 is 18.7 Å². The third-order valence-corrected chi connectivity index (χ3v) is 2.58. The van der Waals surface area contributed by atoms with E-state index < -0.39 is 5.97 Å². The van der Waals surface area contributed by atoms with Gasteiger partial charge in [-0.15, -0.1) is 0 Å². The Morgan fingerprint density at radius 1 is 1.33 bits per heavy atom. The Labute approximate surface area is 105 Å². The Hall–Kier alpha value is -2.10. The molecule has 0 aliphatic carbocycles. The molecule has 2 aromatic rings. The predicted molar refractivity (Wildman–Crippen MR) is 66.3 cm³/mol. The van der Waals surface area contributed by atoms with Gasteiger partial charge in [0.2, 0.25) is 0 Å². The molecule has 0 radical (unpaired) electrons. The summed E-state index contributed by atoms with van der Waals surface area (Å²) in [5.41, 5.74) is 2.63. The largest absolute Gasteiger partial charge is 0.464 e. The van der Waals surface area contributed by atoms with Crippen molar-refractivity contribution in [3.63, 3.8) is 0 Å². The molecular formula is C14H14O4. The van der Waals surface area contributed by atoms with Crippen molar-refractivity contribution in [3.8, 4) is 0 Å². The number of ketones is 1. The van der Waals surface area contributed by atoms with E-state index in [4.69, 9.17) is 9.15 Å². The number of hydrogen-bond acceptors (Lipinski definition) is 4. The van der Waals surface area contributed by atoms with Crippen LogP contribution >= 0.6 is 0 Å². The Morgan fingerprint density at radius 2 is 2.11 bits per heavy atom. The number of carbonyl (C=O) groups is 2. The van der Waals surface area contributed by atoms with Gasteiger partial charge in [-0.3, -0.25) is 9.59 Å². The molecule has 1 heterocycles. The lowest BCUT2D eigenvalue weighted by molar-refractivity contribution is -0.146. The number of ether oxygens (including phenoxy) is 1. The van der Waals surface area contributed by atoms with Crippen molar-refractivity contribution in [3.05, 3.63) is 35.6 Å². The second-order valence-corrected chi connectivity index (χ2v) is 4.30. The quantitative estimate of drug-likeness (QED) is 0.777. The lowest BCUT2D eigenvalue weighted by Gasteiger charge is -2.01. The van der Waals surface area contributed by atoms with Crippen LogP contribution in [0.4, 0.5) is 0 Å². The third-order valence-electron chi connectivity index (χ3n) is 2.58. The summed E-state index contributed by atoms with van der Waals surface area (Å²) in [5.74, 6) is -0.593. The monoisotopic (exact) mass is 246 g/mol. The van der Waals surface area contributed by atoms with Crippen LogP contribution in [-0.4, -0.2) is 18.4 Å². The lowest BCUT2D eigenvalue weighted by atomic mass is 10.1. The molecule has 4 heteroatoms. The van der Waals surface area contributed by atoms with Crippen LogP contribution in [0.2, 0.25) is 0 Å². The van der Waals surface area contributed by atoms with E-state index in [1.165, 1.54) is 6.92 Å². The lowest BCUT2D eigenvalue weighted by Crippen LogP contribution is -2.13. The van der Waals surface area contributed by atoms with E-state index in [9.17, 15) is 9.59 Å². The number of rotatable bonds is 4. The van der Waals surface area contributed by atoms with Crippen LogP contribution in [0.3, 0.4) is 0 Å². The first kappa shape index (κ1) is 12.4.